The van der Waals surface area contributed by atoms with Crippen LogP contribution in [-0.4, -0.2) is 50.6 Å². The lowest BCUT2D eigenvalue weighted by molar-refractivity contribution is -0.125. The Bertz CT molecular complexity index is 970. The van der Waals surface area contributed by atoms with Gasteiger partial charge >= 0.3 is 0 Å². The summed E-state index contributed by atoms with van der Waals surface area (Å²) in [5.41, 5.74) is 2.23. The summed E-state index contributed by atoms with van der Waals surface area (Å²) < 4.78 is 0. The average Bonchev–Trinajstić information content (AvgIpc) is 3.38. The predicted octanol–water partition coefficient (Wildman–Crippen LogP) is 3.18. The fourth-order valence-electron chi connectivity index (χ4n) is 3.48. The highest BCUT2D eigenvalue weighted by atomic mass is 35.5. The van der Waals surface area contributed by atoms with E-state index in [1.165, 1.54) is 15.2 Å². The maximum atomic E-state index is 12.7. The fourth-order valence-corrected chi connectivity index (χ4v) is 4.49. The normalized spacial score (nSPS) is 15.1. The van der Waals surface area contributed by atoms with Crippen LogP contribution in [0.25, 0.3) is 11.4 Å². The first-order chi connectivity index (χ1) is 14.1. The molecule has 1 atom stereocenters. The van der Waals surface area contributed by atoms with Gasteiger partial charge in [0.1, 0.15) is 0 Å². The van der Waals surface area contributed by atoms with E-state index in [9.17, 15) is 4.79 Å². The number of rotatable bonds is 7. The molecule has 0 bridgehead atoms. The Morgan fingerprint density at radius 2 is 2.14 bits per heavy atom. The summed E-state index contributed by atoms with van der Waals surface area (Å²) in [5.74, 6) is 0.397. The number of tetrazole rings is 1. The van der Waals surface area contributed by atoms with Gasteiger partial charge in [0.2, 0.25) is 11.7 Å². The van der Waals surface area contributed by atoms with Gasteiger partial charge in [-0.2, -0.15) is 4.80 Å². The van der Waals surface area contributed by atoms with Crippen LogP contribution in [0.3, 0.4) is 0 Å². The van der Waals surface area contributed by atoms with E-state index in [0.29, 0.717) is 23.8 Å². The van der Waals surface area contributed by atoms with Gasteiger partial charge in [0.05, 0.1) is 0 Å². The monoisotopic (exact) mass is 430 g/mol. The molecule has 9 heteroatoms. The van der Waals surface area contributed by atoms with Crippen molar-refractivity contribution in [3.8, 4) is 11.4 Å². The van der Waals surface area contributed by atoms with Crippen LogP contribution >= 0.6 is 22.9 Å². The summed E-state index contributed by atoms with van der Waals surface area (Å²) >= 11 is 7.76. The van der Waals surface area contributed by atoms with Crippen molar-refractivity contribution in [2.45, 2.75) is 32.4 Å². The van der Waals surface area contributed by atoms with E-state index in [1.807, 2.05) is 30.4 Å². The number of fused-ring (bicyclic) bond motifs is 1. The van der Waals surface area contributed by atoms with Gasteiger partial charge in [-0.05, 0) is 59.3 Å². The standard InChI is InChI=1S/C20H23ClN6OS/c1-2-17(27-24-19(23-25-27)14-3-5-16(21)6-4-14)20(28)22-9-11-26-10-7-18-15(13-26)8-12-29-18/h3-6,8,12,17H,2,7,9-11,13H2,1H3,(H,22,28). The highest BCUT2D eigenvalue weighted by Gasteiger charge is 2.22. The number of hydrogen-bond acceptors (Lipinski definition) is 6. The molecule has 0 spiro atoms. The molecule has 0 aliphatic carbocycles. The zero-order chi connectivity index (χ0) is 20.2. The van der Waals surface area contributed by atoms with Crippen molar-refractivity contribution in [2.24, 2.45) is 0 Å². The molecule has 0 fully saturated rings. The number of hydrogen-bond donors (Lipinski definition) is 1. The summed E-state index contributed by atoms with van der Waals surface area (Å²) in [7, 11) is 0. The molecule has 29 heavy (non-hydrogen) atoms. The predicted molar refractivity (Wildman–Crippen MR) is 114 cm³/mol. The average molecular weight is 431 g/mol. The molecule has 152 valence electrons. The van der Waals surface area contributed by atoms with Crippen molar-refractivity contribution >= 4 is 28.8 Å². The molecule has 0 saturated carbocycles. The first-order valence-electron chi connectivity index (χ1n) is 9.75. The second-order valence-corrected chi connectivity index (χ2v) is 8.49. The van der Waals surface area contributed by atoms with Crippen molar-refractivity contribution in [2.75, 3.05) is 19.6 Å². The van der Waals surface area contributed by atoms with Crippen molar-refractivity contribution in [3.05, 3.63) is 51.2 Å². The minimum atomic E-state index is -0.478. The Hall–Kier alpha value is -2.29. The van der Waals surface area contributed by atoms with Gasteiger partial charge in [-0.3, -0.25) is 9.69 Å². The topological polar surface area (TPSA) is 75.9 Å². The van der Waals surface area contributed by atoms with E-state index >= 15 is 0 Å². The van der Waals surface area contributed by atoms with Crippen LogP contribution in [0.15, 0.2) is 35.7 Å². The van der Waals surface area contributed by atoms with Crippen LogP contribution in [0.2, 0.25) is 5.02 Å². The lowest BCUT2D eigenvalue weighted by atomic mass is 10.1. The number of thiophene rings is 1. The molecule has 0 radical (unpaired) electrons. The molecule has 2 aromatic heterocycles. The number of carbonyl (C=O) groups is 1. The summed E-state index contributed by atoms with van der Waals surface area (Å²) in [6.45, 7) is 5.38. The summed E-state index contributed by atoms with van der Waals surface area (Å²) in [5, 5.41) is 18.4. The van der Waals surface area contributed by atoms with Gasteiger partial charge < -0.3 is 5.32 Å². The SMILES string of the molecule is CCC(C(=O)NCCN1CCc2sccc2C1)n1nnc(-c2ccc(Cl)cc2)n1. The Labute approximate surface area is 178 Å². The zero-order valence-corrected chi connectivity index (χ0v) is 17.8. The fraction of sp³-hybridized carbons (Fsp3) is 0.400. The number of nitrogens with one attached hydrogen (secondary N) is 1. The maximum absolute atomic E-state index is 12.7. The Morgan fingerprint density at radius 3 is 2.93 bits per heavy atom. The number of carbonyl (C=O) groups excluding carboxylic acids is 1. The molecule has 1 aliphatic rings. The largest absolute Gasteiger partial charge is 0.353 e. The van der Waals surface area contributed by atoms with Gasteiger partial charge in [0.25, 0.3) is 0 Å². The van der Waals surface area contributed by atoms with Crippen LogP contribution in [-0.2, 0) is 17.8 Å². The van der Waals surface area contributed by atoms with E-state index in [4.69, 9.17) is 11.6 Å². The van der Waals surface area contributed by atoms with E-state index in [-0.39, 0.29) is 5.91 Å². The number of nitrogens with zero attached hydrogens (tertiary/aromatic N) is 5. The summed E-state index contributed by atoms with van der Waals surface area (Å²) in [6, 6.07) is 8.95. The van der Waals surface area contributed by atoms with E-state index in [0.717, 1.165) is 31.6 Å². The Morgan fingerprint density at radius 1 is 1.31 bits per heavy atom. The van der Waals surface area contributed by atoms with E-state index < -0.39 is 6.04 Å². The van der Waals surface area contributed by atoms with Crippen LogP contribution < -0.4 is 5.32 Å². The lowest BCUT2D eigenvalue weighted by Crippen LogP contribution is -2.40. The number of aromatic nitrogens is 4. The third-order valence-corrected chi connectivity index (χ3v) is 6.39. The van der Waals surface area contributed by atoms with Crippen molar-refractivity contribution < 1.29 is 4.79 Å². The second-order valence-electron chi connectivity index (χ2n) is 7.05. The first kappa shape index (κ1) is 20.0. The van der Waals surface area contributed by atoms with Gasteiger partial charge in [0.15, 0.2) is 6.04 Å². The zero-order valence-electron chi connectivity index (χ0n) is 16.2. The molecule has 0 saturated heterocycles. The van der Waals surface area contributed by atoms with Gasteiger partial charge in [-0.25, -0.2) is 0 Å². The summed E-state index contributed by atoms with van der Waals surface area (Å²) in [6.07, 6.45) is 1.68. The Kier molecular flexibility index (Phi) is 6.22. The van der Waals surface area contributed by atoms with Crippen LogP contribution in [0.1, 0.15) is 29.8 Å². The molecule has 1 N–H and O–H groups in total. The van der Waals surface area contributed by atoms with Crippen molar-refractivity contribution in [1.82, 2.24) is 30.4 Å². The molecule has 3 aromatic rings. The molecule has 3 heterocycles. The van der Waals surface area contributed by atoms with Gasteiger partial charge in [0, 0.05) is 41.6 Å². The van der Waals surface area contributed by atoms with Crippen molar-refractivity contribution in [3.63, 3.8) is 0 Å². The highest BCUT2D eigenvalue weighted by Crippen LogP contribution is 2.23. The third kappa shape index (κ3) is 4.66. The number of benzene rings is 1. The molecule has 1 unspecified atom stereocenters. The lowest BCUT2D eigenvalue weighted by Gasteiger charge is -2.27. The third-order valence-electron chi connectivity index (χ3n) is 5.11. The summed E-state index contributed by atoms with van der Waals surface area (Å²) in [4.78, 5) is 18.0. The first-order valence-corrected chi connectivity index (χ1v) is 11.0. The maximum Gasteiger partial charge on any atom is 0.246 e. The smallest absolute Gasteiger partial charge is 0.246 e. The highest BCUT2D eigenvalue weighted by molar-refractivity contribution is 7.10. The van der Waals surface area contributed by atoms with E-state index in [2.05, 4.69) is 37.1 Å². The molecule has 7 nitrogen and oxygen atoms in total. The molecular weight excluding hydrogens is 408 g/mol. The molecule has 1 amide bonds. The minimum Gasteiger partial charge on any atom is -0.353 e. The quantitative estimate of drug-likeness (QED) is 0.623. The van der Waals surface area contributed by atoms with Crippen LogP contribution in [0, 0.1) is 0 Å². The second kappa shape index (κ2) is 9.02. The van der Waals surface area contributed by atoms with E-state index in [1.54, 1.807) is 12.1 Å². The number of halogens is 1. The Balaban J connectivity index is 1.32. The van der Waals surface area contributed by atoms with Crippen molar-refractivity contribution in [1.29, 1.82) is 0 Å². The van der Waals surface area contributed by atoms with Gasteiger partial charge in [-0.15, -0.1) is 21.5 Å². The molecular formula is C20H23ClN6OS. The minimum absolute atomic E-state index is 0.0826. The molecule has 1 aliphatic heterocycles. The molecule has 4 rings (SSSR count). The van der Waals surface area contributed by atoms with Gasteiger partial charge in [-0.1, -0.05) is 18.5 Å². The van der Waals surface area contributed by atoms with Crippen LogP contribution in [0.4, 0.5) is 0 Å². The number of amides is 1. The van der Waals surface area contributed by atoms with Crippen LogP contribution in [0.5, 0.6) is 0 Å². The molecule has 1 aromatic carbocycles.